The fourth-order valence-corrected chi connectivity index (χ4v) is 1.51. The molecule has 1 saturated heterocycles. The lowest BCUT2D eigenvalue weighted by molar-refractivity contribution is -0.155. The molecule has 0 saturated carbocycles. The molecule has 0 aromatic carbocycles. The van der Waals surface area contributed by atoms with Gasteiger partial charge in [-0.15, -0.1) is 0 Å². The van der Waals surface area contributed by atoms with Gasteiger partial charge in [0.25, 0.3) is 0 Å². The molecule has 1 aliphatic heterocycles. The van der Waals surface area contributed by atoms with E-state index >= 15 is 0 Å². The number of likely N-dealkylation sites (tertiary alicyclic amines) is 1. The zero-order chi connectivity index (χ0) is 11.3. The molecule has 0 radical (unpaired) electrons. The van der Waals surface area contributed by atoms with Crippen molar-refractivity contribution in [2.45, 2.75) is 26.6 Å². The first-order chi connectivity index (χ1) is 7.17. The Morgan fingerprint density at radius 3 is 2.27 bits per heavy atom. The second-order valence-electron chi connectivity index (χ2n) is 3.33. The van der Waals surface area contributed by atoms with Crippen molar-refractivity contribution in [3.05, 3.63) is 0 Å². The summed E-state index contributed by atoms with van der Waals surface area (Å²) in [7, 11) is 0. The van der Waals surface area contributed by atoms with Gasteiger partial charge in [0.1, 0.15) is 0 Å². The number of hydrogen-bond acceptors (Lipinski definition) is 4. The van der Waals surface area contributed by atoms with Crippen LogP contribution in [0.2, 0.25) is 0 Å². The largest absolute Gasteiger partial charge is 0.351 e. The number of ether oxygens (including phenoxy) is 2. The van der Waals surface area contributed by atoms with Crippen molar-refractivity contribution in [2.24, 2.45) is 0 Å². The zero-order valence-electron chi connectivity index (χ0n) is 9.19. The Morgan fingerprint density at radius 1 is 1.27 bits per heavy atom. The van der Waals surface area contributed by atoms with E-state index in [2.05, 4.69) is 0 Å². The van der Waals surface area contributed by atoms with E-state index in [-0.39, 0.29) is 24.7 Å². The van der Waals surface area contributed by atoms with Crippen LogP contribution < -0.4 is 0 Å². The average molecular weight is 215 g/mol. The van der Waals surface area contributed by atoms with Crippen LogP contribution in [0.5, 0.6) is 0 Å². The molecule has 0 unspecified atom stereocenters. The molecule has 0 aromatic rings. The van der Waals surface area contributed by atoms with Crippen molar-refractivity contribution >= 4 is 11.7 Å². The third kappa shape index (κ3) is 3.60. The highest BCUT2D eigenvalue weighted by atomic mass is 16.7. The summed E-state index contributed by atoms with van der Waals surface area (Å²) in [5.74, 6) is -0.170. The van der Waals surface area contributed by atoms with Gasteiger partial charge in [-0.2, -0.15) is 0 Å². The zero-order valence-corrected chi connectivity index (χ0v) is 9.19. The van der Waals surface area contributed by atoms with Crippen molar-refractivity contribution in [3.63, 3.8) is 0 Å². The molecule has 0 aliphatic carbocycles. The number of ketones is 1. The summed E-state index contributed by atoms with van der Waals surface area (Å²) in [4.78, 5) is 23.8. The normalized spacial score (nSPS) is 16.9. The van der Waals surface area contributed by atoms with Crippen LogP contribution >= 0.6 is 0 Å². The molecule has 5 heteroatoms. The SMILES string of the molecule is CCOC(CN1CC(=O)CC1=O)OCC. The second kappa shape index (κ2) is 5.82. The van der Waals surface area contributed by atoms with Gasteiger partial charge in [-0.05, 0) is 13.8 Å². The Morgan fingerprint density at radius 2 is 1.87 bits per heavy atom. The van der Waals surface area contributed by atoms with E-state index < -0.39 is 6.29 Å². The molecule has 0 aromatic heterocycles. The van der Waals surface area contributed by atoms with E-state index in [1.807, 2.05) is 13.8 Å². The number of rotatable bonds is 6. The predicted octanol–water partition coefficient (Wildman–Crippen LogP) is 0.187. The van der Waals surface area contributed by atoms with Gasteiger partial charge in [-0.3, -0.25) is 9.59 Å². The van der Waals surface area contributed by atoms with Gasteiger partial charge in [-0.25, -0.2) is 0 Å². The van der Waals surface area contributed by atoms with Crippen molar-refractivity contribution in [3.8, 4) is 0 Å². The summed E-state index contributed by atoms with van der Waals surface area (Å²) in [6, 6.07) is 0. The van der Waals surface area contributed by atoms with Crippen LogP contribution in [0.1, 0.15) is 20.3 Å². The van der Waals surface area contributed by atoms with Crippen LogP contribution in [-0.2, 0) is 19.1 Å². The van der Waals surface area contributed by atoms with Gasteiger partial charge in [0.05, 0.1) is 19.5 Å². The van der Waals surface area contributed by atoms with Gasteiger partial charge in [0.15, 0.2) is 12.1 Å². The first kappa shape index (κ1) is 12.1. The summed E-state index contributed by atoms with van der Waals surface area (Å²) in [6.07, 6.45) is -0.403. The van der Waals surface area contributed by atoms with Crippen molar-refractivity contribution in [1.82, 2.24) is 4.90 Å². The van der Waals surface area contributed by atoms with E-state index in [4.69, 9.17) is 9.47 Å². The minimum Gasteiger partial charge on any atom is -0.351 e. The van der Waals surface area contributed by atoms with Gasteiger partial charge >= 0.3 is 0 Å². The minimum atomic E-state index is -0.421. The van der Waals surface area contributed by atoms with Crippen LogP contribution in [0.15, 0.2) is 0 Å². The van der Waals surface area contributed by atoms with Crippen LogP contribution in [0.25, 0.3) is 0 Å². The van der Waals surface area contributed by atoms with Gasteiger partial charge in [0.2, 0.25) is 5.91 Å². The highest BCUT2D eigenvalue weighted by molar-refractivity contribution is 6.05. The number of carbonyl (C=O) groups is 2. The van der Waals surface area contributed by atoms with E-state index in [0.717, 1.165) is 0 Å². The molecule has 0 bridgehead atoms. The van der Waals surface area contributed by atoms with Crippen LogP contribution in [0, 0.1) is 0 Å². The fourth-order valence-electron chi connectivity index (χ4n) is 1.51. The summed E-state index contributed by atoms with van der Waals surface area (Å²) in [5.41, 5.74) is 0. The second-order valence-corrected chi connectivity index (χ2v) is 3.33. The molecule has 1 rings (SSSR count). The topological polar surface area (TPSA) is 55.8 Å². The minimum absolute atomic E-state index is 0.0188. The number of amides is 1. The highest BCUT2D eigenvalue weighted by Crippen LogP contribution is 2.09. The monoisotopic (exact) mass is 215 g/mol. The van der Waals surface area contributed by atoms with E-state index in [1.165, 1.54) is 4.90 Å². The summed E-state index contributed by atoms with van der Waals surface area (Å²) in [5, 5.41) is 0. The predicted molar refractivity (Wildman–Crippen MR) is 53.2 cm³/mol. The number of Topliss-reactive ketones (excluding diaryl/α,β-unsaturated/α-hetero) is 1. The molecule has 0 spiro atoms. The maximum absolute atomic E-state index is 11.3. The summed E-state index contributed by atoms with van der Waals surface area (Å²) >= 11 is 0. The third-order valence-electron chi connectivity index (χ3n) is 2.14. The molecule has 5 nitrogen and oxygen atoms in total. The summed E-state index contributed by atoms with van der Waals surface area (Å²) in [6.45, 7) is 5.31. The Hall–Kier alpha value is -0.940. The Labute approximate surface area is 89.3 Å². The molecular formula is C10H17NO4. The fraction of sp³-hybridized carbons (Fsp3) is 0.800. The molecule has 15 heavy (non-hydrogen) atoms. The lowest BCUT2D eigenvalue weighted by Crippen LogP contribution is -2.36. The van der Waals surface area contributed by atoms with Crippen LogP contribution in [0.4, 0.5) is 0 Å². The molecule has 86 valence electrons. The maximum atomic E-state index is 11.3. The lowest BCUT2D eigenvalue weighted by atomic mass is 10.3. The van der Waals surface area contributed by atoms with E-state index in [9.17, 15) is 9.59 Å². The molecule has 1 heterocycles. The third-order valence-corrected chi connectivity index (χ3v) is 2.14. The first-order valence-electron chi connectivity index (χ1n) is 5.20. The number of hydrogen-bond donors (Lipinski definition) is 0. The standard InChI is InChI=1S/C10H17NO4/c1-3-14-10(15-4-2)7-11-6-8(12)5-9(11)13/h10H,3-7H2,1-2H3. The number of carbonyl (C=O) groups excluding carboxylic acids is 2. The highest BCUT2D eigenvalue weighted by Gasteiger charge is 2.29. The lowest BCUT2D eigenvalue weighted by Gasteiger charge is -2.22. The number of nitrogens with zero attached hydrogens (tertiary/aromatic N) is 1. The van der Waals surface area contributed by atoms with Crippen molar-refractivity contribution in [1.29, 1.82) is 0 Å². The maximum Gasteiger partial charge on any atom is 0.230 e. The Balaban J connectivity index is 2.43. The van der Waals surface area contributed by atoms with Crippen LogP contribution in [0.3, 0.4) is 0 Å². The molecule has 1 fully saturated rings. The molecule has 1 amide bonds. The average Bonchev–Trinajstić information content (AvgIpc) is 2.46. The quantitative estimate of drug-likeness (QED) is 0.468. The smallest absolute Gasteiger partial charge is 0.230 e. The summed E-state index contributed by atoms with van der Waals surface area (Å²) < 4.78 is 10.6. The Kier molecular flexibility index (Phi) is 4.71. The van der Waals surface area contributed by atoms with Gasteiger partial charge < -0.3 is 14.4 Å². The van der Waals surface area contributed by atoms with Gasteiger partial charge in [-0.1, -0.05) is 0 Å². The van der Waals surface area contributed by atoms with Crippen LogP contribution in [-0.4, -0.2) is 49.2 Å². The van der Waals surface area contributed by atoms with E-state index in [0.29, 0.717) is 19.8 Å². The molecular weight excluding hydrogens is 198 g/mol. The Bertz CT molecular complexity index is 236. The van der Waals surface area contributed by atoms with Crippen molar-refractivity contribution in [2.75, 3.05) is 26.3 Å². The van der Waals surface area contributed by atoms with Crippen molar-refractivity contribution < 1.29 is 19.1 Å². The first-order valence-corrected chi connectivity index (χ1v) is 5.20. The van der Waals surface area contributed by atoms with E-state index in [1.54, 1.807) is 0 Å². The van der Waals surface area contributed by atoms with Gasteiger partial charge in [0, 0.05) is 13.2 Å². The molecule has 0 atom stereocenters. The molecule has 0 N–H and O–H groups in total. The molecule has 1 aliphatic rings.